The first-order valence-corrected chi connectivity index (χ1v) is 11.1. The van der Waals surface area contributed by atoms with Crippen LogP contribution >= 0.6 is 0 Å². The Morgan fingerprint density at radius 2 is 1.56 bits per heavy atom. The summed E-state index contributed by atoms with van der Waals surface area (Å²) in [5, 5.41) is 10.8. The predicted octanol–water partition coefficient (Wildman–Crippen LogP) is 3.00. The Morgan fingerprint density at radius 1 is 0.938 bits per heavy atom. The highest BCUT2D eigenvalue weighted by molar-refractivity contribution is 5.97. The van der Waals surface area contributed by atoms with Crippen molar-refractivity contribution in [3.05, 3.63) is 65.5 Å². The zero-order chi connectivity index (χ0) is 22.7. The van der Waals surface area contributed by atoms with E-state index < -0.39 is 6.10 Å². The zero-order valence-corrected chi connectivity index (χ0v) is 18.2. The van der Waals surface area contributed by atoms with E-state index >= 15 is 0 Å². The van der Waals surface area contributed by atoms with Gasteiger partial charge in [0.05, 0.1) is 13.2 Å². The minimum Gasteiger partial charge on any atom is -0.497 e. The molecule has 7 heteroatoms. The lowest BCUT2D eigenvalue weighted by Crippen LogP contribution is -2.57. The van der Waals surface area contributed by atoms with E-state index in [9.17, 15) is 19.1 Å². The van der Waals surface area contributed by atoms with Crippen LogP contribution in [0, 0.1) is 11.7 Å². The van der Waals surface area contributed by atoms with Gasteiger partial charge in [-0.25, -0.2) is 4.39 Å². The van der Waals surface area contributed by atoms with E-state index in [1.165, 1.54) is 12.1 Å². The number of halogens is 1. The lowest BCUT2D eigenvalue weighted by atomic mass is 9.87. The predicted molar refractivity (Wildman–Crippen MR) is 118 cm³/mol. The maximum atomic E-state index is 13.1. The Morgan fingerprint density at radius 3 is 2.16 bits per heavy atom. The minimum atomic E-state index is -0.629. The van der Waals surface area contributed by atoms with Gasteiger partial charge in [0.1, 0.15) is 11.6 Å². The van der Waals surface area contributed by atoms with Crippen LogP contribution in [-0.2, 0) is 0 Å². The molecule has 2 aromatic rings. The van der Waals surface area contributed by atoms with Crippen molar-refractivity contribution in [3.63, 3.8) is 0 Å². The number of ether oxygens (including phenoxy) is 1. The lowest BCUT2D eigenvalue weighted by Gasteiger charge is -2.44. The number of carbonyl (C=O) groups is 2. The Bertz CT molecular complexity index is 939. The van der Waals surface area contributed by atoms with Crippen LogP contribution in [-0.4, -0.2) is 72.0 Å². The van der Waals surface area contributed by atoms with E-state index in [0.717, 1.165) is 13.1 Å². The average molecular weight is 441 g/mol. The third-order valence-corrected chi connectivity index (χ3v) is 6.67. The summed E-state index contributed by atoms with van der Waals surface area (Å²) in [4.78, 5) is 29.5. The number of piperidine rings is 2. The van der Waals surface area contributed by atoms with Crippen molar-refractivity contribution < 1.29 is 23.8 Å². The summed E-state index contributed by atoms with van der Waals surface area (Å²) in [6, 6.07) is 12.7. The monoisotopic (exact) mass is 440 g/mol. The van der Waals surface area contributed by atoms with Gasteiger partial charge in [0.15, 0.2) is 5.78 Å². The smallest absolute Gasteiger partial charge is 0.253 e. The van der Waals surface area contributed by atoms with Crippen molar-refractivity contribution in [2.24, 2.45) is 5.92 Å². The van der Waals surface area contributed by atoms with Crippen LogP contribution in [0.3, 0.4) is 0 Å². The maximum Gasteiger partial charge on any atom is 0.253 e. The zero-order valence-electron chi connectivity index (χ0n) is 18.2. The fraction of sp³-hybridized carbons (Fsp3) is 0.440. The third-order valence-electron chi connectivity index (χ3n) is 6.67. The number of hydrogen-bond acceptors (Lipinski definition) is 5. The topological polar surface area (TPSA) is 70.1 Å². The van der Waals surface area contributed by atoms with Gasteiger partial charge >= 0.3 is 0 Å². The standard InChI is InChI=1S/C25H29FN2O4/c1-32-21-8-4-19(5-9-21)25(31)28-15-12-22(23(29)16-28)27-13-10-18(11-14-27)24(30)17-2-6-20(26)7-3-17/h2-9,18,22-23,29H,10-16H2,1H3/t22-,23-/m0/s1. The summed E-state index contributed by atoms with van der Waals surface area (Å²) < 4.78 is 18.3. The number of Topliss-reactive ketones (excluding diaryl/α,β-unsaturated/α-hetero) is 1. The SMILES string of the molecule is COc1ccc(C(=O)N2CC[C@H](N3CCC(C(=O)c4ccc(F)cc4)CC3)[C@@H](O)C2)cc1. The molecule has 2 aliphatic heterocycles. The van der Waals surface area contributed by atoms with Crippen molar-refractivity contribution in [3.8, 4) is 5.75 Å². The number of rotatable bonds is 5. The van der Waals surface area contributed by atoms with Crippen LogP contribution in [0.1, 0.15) is 40.0 Å². The van der Waals surface area contributed by atoms with Crippen molar-refractivity contribution in [1.82, 2.24) is 9.80 Å². The van der Waals surface area contributed by atoms with Gasteiger partial charge in [-0.3, -0.25) is 14.5 Å². The molecule has 4 rings (SSSR count). The lowest BCUT2D eigenvalue weighted by molar-refractivity contribution is -0.0185. The van der Waals surface area contributed by atoms with Gasteiger partial charge in [0.2, 0.25) is 0 Å². The molecule has 2 aromatic carbocycles. The third kappa shape index (κ3) is 4.84. The molecule has 1 N–H and O–H groups in total. The van der Waals surface area contributed by atoms with Gasteiger partial charge in [-0.15, -0.1) is 0 Å². The van der Waals surface area contributed by atoms with Crippen molar-refractivity contribution in [1.29, 1.82) is 0 Å². The van der Waals surface area contributed by atoms with Crippen LogP contribution in [0.4, 0.5) is 4.39 Å². The number of ketones is 1. The molecule has 2 atom stereocenters. The number of methoxy groups -OCH3 is 1. The number of carbonyl (C=O) groups excluding carboxylic acids is 2. The number of hydrogen-bond donors (Lipinski definition) is 1. The number of nitrogens with zero attached hydrogens (tertiary/aromatic N) is 2. The van der Waals surface area contributed by atoms with Gasteiger partial charge in [-0.1, -0.05) is 0 Å². The van der Waals surface area contributed by atoms with Crippen LogP contribution in [0.15, 0.2) is 48.5 Å². The second-order valence-electron chi connectivity index (χ2n) is 8.58. The summed E-state index contributed by atoms with van der Waals surface area (Å²) in [6.45, 7) is 2.34. The number of aliphatic hydroxyl groups is 1. The number of benzene rings is 2. The summed E-state index contributed by atoms with van der Waals surface area (Å²) in [5.74, 6) is 0.244. The van der Waals surface area contributed by atoms with E-state index in [1.54, 1.807) is 48.4 Å². The fourth-order valence-electron chi connectivity index (χ4n) is 4.79. The molecule has 2 heterocycles. The van der Waals surface area contributed by atoms with Gasteiger partial charge in [-0.2, -0.15) is 0 Å². The Labute approximate surface area is 187 Å². The van der Waals surface area contributed by atoms with Crippen LogP contribution in [0.25, 0.3) is 0 Å². The molecule has 0 unspecified atom stereocenters. The molecule has 0 spiro atoms. The molecule has 2 saturated heterocycles. The van der Waals surface area contributed by atoms with Gasteiger partial charge < -0.3 is 14.7 Å². The van der Waals surface area contributed by atoms with Crippen LogP contribution in [0.2, 0.25) is 0 Å². The maximum absolute atomic E-state index is 13.1. The van der Waals surface area contributed by atoms with Crippen molar-refractivity contribution in [2.75, 3.05) is 33.3 Å². The molecule has 170 valence electrons. The molecule has 0 radical (unpaired) electrons. The van der Waals surface area contributed by atoms with E-state index in [-0.39, 0.29) is 29.5 Å². The molecule has 6 nitrogen and oxygen atoms in total. The molecule has 0 bridgehead atoms. The highest BCUT2D eigenvalue weighted by Crippen LogP contribution is 2.27. The largest absolute Gasteiger partial charge is 0.497 e. The quantitative estimate of drug-likeness (QED) is 0.724. The molecule has 2 fully saturated rings. The number of aliphatic hydroxyl groups excluding tert-OH is 1. The van der Waals surface area contributed by atoms with E-state index in [2.05, 4.69) is 4.90 Å². The first-order chi connectivity index (χ1) is 15.5. The van der Waals surface area contributed by atoms with E-state index in [4.69, 9.17) is 4.74 Å². The molecule has 32 heavy (non-hydrogen) atoms. The summed E-state index contributed by atoms with van der Waals surface area (Å²) in [7, 11) is 1.58. The first kappa shape index (κ1) is 22.4. The molecule has 0 saturated carbocycles. The van der Waals surface area contributed by atoms with Crippen molar-refractivity contribution >= 4 is 11.7 Å². The Hall–Kier alpha value is -2.77. The number of amides is 1. The summed E-state index contributed by atoms with van der Waals surface area (Å²) in [6.07, 6.45) is 1.50. The Kier molecular flexibility index (Phi) is 6.86. The fourth-order valence-corrected chi connectivity index (χ4v) is 4.79. The average Bonchev–Trinajstić information content (AvgIpc) is 2.84. The van der Waals surface area contributed by atoms with E-state index in [1.807, 2.05) is 0 Å². The normalized spacial score (nSPS) is 22.5. The minimum absolute atomic E-state index is 0.0169. The second kappa shape index (κ2) is 9.79. The molecular weight excluding hydrogens is 411 g/mol. The molecule has 1 amide bonds. The summed E-state index contributed by atoms with van der Waals surface area (Å²) >= 11 is 0. The Balaban J connectivity index is 1.30. The van der Waals surface area contributed by atoms with E-state index in [0.29, 0.717) is 49.2 Å². The molecular formula is C25H29FN2O4. The molecule has 2 aliphatic rings. The highest BCUT2D eigenvalue weighted by Gasteiger charge is 2.36. The second-order valence-corrected chi connectivity index (χ2v) is 8.58. The highest BCUT2D eigenvalue weighted by atomic mass is 19.1. The van der Waals surface area contributed by atoms with Gasteiger partial charge in [0, 0.05) is 36.2 Å². The van der Waals surface area contributed by atoms with Crippen LogP contribution in [0.5, 0.6) is 5.75 Å². The molecule has 0 aromatic heterocycles. The first-order valence-electron chi connectivity index (χ1n) is 11.1. The van der Waals surface area contributed by atoms with Crippen molar-refractivity contribution in [2.45, 2.75) is 31.4 Å². The van der Waals surface area contributed by atoms with Gasteiger partial charge in [-0.05, 0) is 80.9 Å². The molecule has 0 aliphatic carbocycles. The van der Waals surface area contributed by atoms with Crippen LogP contribution < -0.4 is 4.74 Å². The van der Waals surface area contributed by atoms with Gasteiger partial charge in [0.25, 0.3) is 5.91 Å². The number of β-amino-alcohol motifs (C(OH)–C–C–N with tert-alkyl or cyclic N) is 1. The number of likely N-dealkylation sites (tertiary alicyclic amines) is 2. The summed E-state index contributed by atoms with van der Waals surface area (Å²) in [5.41, 5.74) is 1.13.